The molecule has 1 amide bonds. The van der Waals surface area contributed by atoms with Gasteiger partial charge in [0, 0.05) is 18.8 Å². The number of aliphatic carboxylic acids is 1. The number of aryl methyl sites for hydroxylation is 1. The van der Waals surface area contributed by atoms with Crippen LogP contribution < -0.4 is 0 Å². The van der Waals surface area contributed by atoms with Gasteiger partial charge in [-0.25, -0.2) is 4.98 Å². The number of carboxylic acid groups (broad SMARTS) is 1. The molecule has 0 aromatic carbocycles. The van der Waals surface area contributed by atoms with Crippen LogP contribution in [0.3, 0.4) is 0 Å². The average Bonchev–Trinajstić information content (AvgIpc) is 2.66. The molecule has 0 saturated carbocycles. The van der Waals surface area contributed by atoms with Crippen LogP contribution in [-0.2, 0) is 9.59 Å². The third-order valence-electron chi connectivity index (χ3n) is 3.35. The number of likely N-dealkylation sites (tertiary alicyclic amines) is 1. The molecule has 2 atom stereocenters. The van der Waals surface area contributed by atoms with Gasteiger partial charge in [-0.2, -0.15) is 0 Å². The molecule has 1 N–H and O–H groups in total. The summed E-state index contributed by atoms with van der Waals surface area (Å²) >= 11 is 1.48. The van der Waals surface area contributed by atoms with E-state index in [0.29, 0.717) is 25.0 Å². The molecule has 1 aliphatic rings. The van der Waals surface area contributed by atoms with E-state index in [2.05, 4.69) is 4.98 Å². The summed E-state index contributed by atoms with van der Waals surface area (Å²) < 4.78 is 0. The monoisotopic (exact) mass is 268 g/mol. The summed E-state index contributed by atoms with van der Waals surface area (Å²) in [7, 11) is 1.67. The van der Waals surface area contributed by atoms with Gasteiger partial charge in [-0.15, -0.1) is 11.3 Å². The van der Waals surface area contributed by atoms with Crippen LogP contribution in [0.15, 0.2) is 5.38 Å². The highest BCUT2D eigenvalue weighted by Crippen LogP contribution is 2.35. The molecule has 1 aromatic heterocycles. The second-order valence-corrected chi connectivity index (χ2v) is 5.64. The lowest BCUT2D eigenvalue weighted by atomic mass is 9.93. The Hall–Kier alpha value is -1.43. The number of nitrogens with zero attached hydrogens (tertiary/aromatic N) is 2. The molecule has 0 aliphatic carbocycles. The van der Waals surface area contributed by atoms with Gasteiger partial charge in [0.2, 0.25) is 5.91 Å². The second-order valence-electron chi connectivity index (χ2n) is 4.58. The van der Waals surface area contributed by atoms with Crippen molar-refractivity contribution in [3.8, 4) is 0 Å². The highest BCUT2D eigenvalue weighted by atomic mass is 32.1. The Morgan fingerprint density at radius 2 is 2.33 bits per heavy atom. The van der Waals surface area contributed by atoms with E-state index >= 15 is 0 Å². The summed E-state index contributed by atoms with van der Waals surface area (Å²) in [6.07, 6.45) is 1.56. The first kappa shape index (κ1) is 13.0. The Labute approximate surface area is 109 Å². The molecule has 0 spiro atoms. The highest BCUT2D eigenvalue weighted by Gasteiger charge is 2.38. The van der Waals surface area contributed by atoms with Gasteiger partial charge in [0.05, 0.1) is 22.7 Å². The number of rotatable bonds is 2. The first-order valence-corrected chi connectivity index (χ1v) is 6.79. The van der Waals surface area contributed by atoms with Gasteiger partial charge in [-0.3, -0.25) is 9.59 Å². The fourth-order valence-corrected chi connectivity index (χ4v) is 3.05. The lowest BCUT2D eigenvalue weighted by Gasteiger charge is -2.28. The predicted molar refractivity (Wildman–Crippen MR) is 67.3 cm³/mol. The molecule has 2 unspecified atom stereocenters. The molecule has 0 bridgehead atoms. The van der Waals surface area contributed by atoms with E-state index in [-0.39, 0.29) is 5.91 Å². The fourth-order valence-electron chi connectivity index (χ4n) is 2.41. The smallest absolute Gasteiger partial charge is 0.309 e. The van der Waals surface area contributed by atoms with Gasteiger partial charge < -0.3 is 10.0 Å². The summed E-state index contributed by atoms with van der Waals surface area (Å²) in [5.74, 6) is -1.43. The van der Waals surface area contributed by atoms with Crippen LogP contribution in [0.5, 0.6) is 0 Å². The predicted octanol–water partition coefficient (Wildman–Crippen LogP) is 1.84. The molecular weight excluding hydrogens is 252 g/mol. The number of amides is 1. The normalized spacial score (nSPS) is 25.0. The molecule has 5 nitrogen and oxygen atoms in total. The largest absolute Gasteiger partial charge is 0.481 e. The Morgan fingerprint density at radius 1 is 1.61 bits per heavy atom. The summed E-state index contributed by atoms with van der Waals surface area (Å²) in [5.41, 5.74) is 0.697. The van der Waals surface area contributed by atoms with E-state index in [0.717, 1.165) is 5.01 Å². The number of hydrogen-bond donors (Lipinski definition) is 1. The van der Waals surface area contributed by atoms with Crippen LogP contribution >= 0.6 is 11.3 Å². The third-order valence-corrected chi connectivity index (χ3v) is 4.15. The standard InChI is InChI=1S/C12H16N2O3S/c1-7-13-9(6-18-7)11-8(12(16)17)4-3-5-10(15)14(11)2/h6,8,11H,3-5H2,1-2H3,(H,16,17). The molecule has 2 rings (SSSR count). The molecule has 98 valence electrons. The fraction of sp³-hybridized carbons (Fsp3) is 0.583. The molecule has 2 heterocycles. The lowest BCUT2D eigenvalue weighted by molar-refractivity contribution is -0.145. The quantitative estimate of drug-likeness (QED) is 0.888. The third kappa shape index (κ3) is 2.38. The Kier molecular flexibility index (Phi) is 3.65. The Morgan fingerprint density at radius 3 is 2.89 bits per heavy atom. The second kappa shape index (κ2) is 5.06. The van der Waals surface area contributed by atoms with Crippen molar-refractivity contribution in [2.45, 2.75) is 32.2 Å². The SMILES string of the molecule is Cc1nc(C2C(C(=O)O)CCCC(=O)N2C)cs1. The molecule has 1 aromatic rings. The van der Waals surface area contributed by atoms with E-state index in [4.69, 9.17) is 0 Å². The maximum absolute atomic E-state index is 11.9. The van der Waals surface area contributed by atoms with Crippen molar-refractivity contribution < 1.29 is 14.7 Å². The molecular formula is C12H16N2O3S. The Bertz CT molecular complexity index is 472. The van der Waals surface area contributed by atoms with Gasteiger partial charge >= 0.3 is 5.97 Å². The van der Waals surface area contributed by atoms with Crippen LogP contribution in [0.4, 0.5) is 0 Å². The van der Waals surface area contributed by atoms with E-state index in [1.165, 1.54) is 11.3 Å². The van der Waals surface area contributed by atoms with Crippen molar-refractivity contribution in [1.29, 1.82) is 0 Å². The Balaban J connectivity index is 2.40. The molecule has 6 heteroatoms. The maximum atomic E-state index is 11.9. The molecule has 1 aliphatic heterocycles. The van der Waals surface area contributed by atoms with E-state index < -0.39 is 17.9 Å². The average molecular weight is 268 g/mol. The summed E-state index contributed by atoms with van der Waals surface area (Å²) in [4.78, 5) is 29.2. The first-order chi connectivity index (χ1) is 8.50. The summed E-state index contributed by atoms with van der Waals surface area (Å²) in [5, 5.41) is 12.1. The minimum absolute atomic E-state index is 0.00518. The number of hydrogen-bond acceptors (Lipinski definition) is 4. The van der Waals surface area contributed by atoms with E-state index in [9.17, 15) is 14.7 Å². The maximum Gasteiger partial charge on any atom is 0.309 e. The lowest BCUT2D eigenvalue weighted by Crippen LogP contribution is -2.36. The number of carboxylic acids is 1. The van der Waals surface area contributed by atoms with Gasteiger partial charge in [0.25, 0.3) is 0 Å². The number of aromatic nitrogens is 1. The molecule has 1 saturated heterocycles. The van der Waals surface area contributed by atoms with Crippen LogP contribution in [0.1, 0.15) is 36.0 Å². The minimum atomic E-state index is -0.854. The van der Waals surface area contributed by atoms with Crippen LogP contribution in [0.2, 0.25) is 0 Å². The topological polar surface area (TPSA) is 70.5 Å². The number of thiazole rings is 1. The van der Waals surface area contributed by atoms with Crippen LogP contribution in [-0.4, -0.2) is 33.9 Å². The van der Waals surface area contributed by atoms with Gasteiger partial charge in [-0.1, -0.05) is 0 Å². The van der Waals surface area contributed by atoms with E-state index in [1.54, 1.807) is 11.9 Å². The zero-order valence-electron chi connectivity index (χ0n) is 10.4. The zero-order valence-corrected chi connectivity index (χ0v) is 11.2. The van der Waals surface area contributed by atoms with Crippen molar-refractivity contribution >= 4 is 23.2 Å². The van der Waals surface area contributed by atoms with Crippen LogP contribution in [0, 0.1) is 12.8 Å². The van der Waals surface area contributed by atoms with Crippen molar-refractivity contribution in [3.05, 3.63) is 16.1 Å². The molecule has 18 heavy (non-hydrogen) atoms. The molecule has 1 fully saturated rings. The van der Waals surface area contributed by atoms with Crippen molar-refractivity contribution in [2.75, 3.05) is 7.05 Å². The molecule has 0 radical (unpaired) electrons. The van der Waals surface area contributed by atoms with Gasteiger partial charge in [-0.05, 0) is 19.8 Å². The zero-order chi connectivity index (χ0) is 13.3. The van der Waals surface area contributed by atoms with Gasteiger partial charge in [0.1, 0.15) is 0 Å². The van der Waals surface area contributed by atoms with Crippen LogP contribution in [0.25, 0.3) is 0 Å². The van der Waals surface area contributed by atoms with Crippen molar-refractivity contribution in [2.24, 2.45) is 5.92 Å². The van der Waals surface area contributed by atoms with Gasteiger partial charge in [0.15, 0.2) is 0 Å². The minimum Gasteiger partial charge on any atom is -0.481 e. The highest BCUT2D eigenvalue weighted by molar-refractivity contribution is 7.09. The number of carbonyl (C=O) groups excluding carboxylic acids is 1. The van der Waals surface area contributed by atoms with E-state index in [1.807, 2.05) is 12.3 Å². The van der Waals surface area contributed by atoms with Crippen molar-refractivity contribution in [3.63, 3.8) is 0 Å². The summed E-state index contributed by atoms with van der Waals surface area (Å²) in [6, 6.07) is -0.442. The van der Waals surface area contributed by atoms with Crippen molar-refractivity contribution in [1.82, 2.24) is 9.88 Å². The number of carbonyl (C=O) groups is 2. The first-order valence-electron chi connectivity index (χ1n) is 5.91. The summed E-state index contributed by atoms with van der Waals surface area (Å²) in [6.45, 7) is 1.88.